The summed E-state index contributed by atoms with van der Waals surface area (Å²) in [4.78, 5) is 4.84. The molecule has 0 unspecified atom stereocenters. The molecule has 3 heteroatoms. The molecule has 0 bridgehead atoms. The quantitative estimate of drug-likeness (QED) is 0.325. The summed E-state index contributed by atoms with van der Waals surface area (Å²) in [6.45, 7) is 6.56. The number of unbranched alkanes of at least 4 members (excludes halogenated alkanes) is 2. The van der Waals surface area contributed by atoms with E-state index in [4.69, 9.17) is 4.98 Å². The first-order valence-electron chi connectivity index (χ1n) is 11.8. The van der Waals surface area contributed by atoms with Crippen LogP contribution in [0.3, 0.4) is 0 Å². The van der Waals surface area contributed by atoms with E-state index in [1.165, 1.54) is 48.1 Å². The van der Waals surface area contributed by atoms with Gasteiger partial charge in [-0.1, -0.05) is 63.1 Å². The second kappa shape index (κ2) is 10.4. The van der Waals surface area contributed by atoms with Gasteiger partial charge in [-0.15, -0.1) is 0 Å². The van der Waals surface area contributed by atoms with Crippen LogP contribution in [0, 0.1) is 0 Å². The Labute approximate surface area is 186 Å². The van der Waals surface area contributed by atoms with Crippen LogP contribution in [-0.4, -0.2) is 28.9 Å². The highest BCUT2D eigenvalue weighted by Gasteiger charge is 2.40. The molecular weight excluding hydrogens is 378 g/mol. The molecule has 0 spiro atoms. The second-order valence-electron chi connectivity index (χ2n) is 8.43. The molecule has 3 nitrogen and oxygen atoms in total. The number of fused-ring (bicyclic) bond motifs is 1. The number of benzene rings is 2. The molecule has 1 aromatic heterocycles. The lowest BCUT2D eigenvalue weighted by Gasteiger charge is -2.30. The SMILES string of the molecule is CCCCNc1ccc2c(c1)[C@@H](c1ccccn1)[C@H](c1ccccc1)[N+](CCCC)=C2. The van der Waals surface area contributed by atoms with Gasteiger partial charge in [0.25, 0.3) is 0 Å². The van der Waals surface area contributed by atoms with Gasteiger partial charge in [0.2, 0.25) is 0 Å². The van der Waals surface area contributed by atoms with Gasteiger partial charge in [0.1, 0.15) is 6.54 Å². The van der Waals surface area contributed by atoms with Crippen LogP contribution in [0.15, 0.2) is 72.9 Å². The Balaban J connectivity index is 1.84. The van der Waals surface area contributed by atoms with Crippen molar-refractivity contribution in [3.05, 3.63) is 95.3 Å². The van der Waals surface area contributed by atoms with E-state index in [0.29, 0.717) is 0 Å². The molecule has 0 saturated heterocycles. The zero-order valence-corrected chi connectivity index (χ0v) is 18.8. The van der Waals surface area contributed by atoms with Crippen molar-refractivity contribution in [2.75, 3.05) is 18.4 Å². The minimum Gasteiger partial charge on any atom is -0.385 e. The molecule has 0 saturated carbocycles. The molecule has 2 heterocycles. The third-order valence-corrected chi connectivity index (χ3v) is 6.18. The summed E-state index contributed by atoms with van der Waals surface area (Å²) in [6, 6.07) is 24.3. The summed E-state index contributed by atoms with van der Waals surface area (Å²) in [7, 11) is 0. The number of aromatic nitrogens is 1. The molecule has 1 aliphatic heterocycles. The van der Waals surface area contributed by atoms with Crippen LogP contribution in [0.25, 0.3) is 0 Å². The highest BCUT2D eigenvalue weighted by molar-refractivity contribution is 5.81. The first kappa shape index (κ1) is 21.3. The minimum absolute atomic E-state index is 0.188. The van der Waals surface area contributed by atoms with E-state index in [2.05, 4.69) is 90.6 Å². The van der Waals surface area contributed by atoms with Crippen molar-refractivity contribution in [3.8, 4) is 0 Å². The van der Waals surface area contributed by atoms with Crippen LogP contribution in [0.2, 0.25) is 0 Å². The maximum absolute atomic E-state index is 4.84. The topological polar surface area (TPSA) is 27.9 Å². The van der Waals surface area contributed by atoms with E-state index in [1.54, 1.807) is 0 Å². The summed E-state index contributed by atoms with van der Waals surface area (Å²) in [5.74, 6) is 0.188. The maximum Gasteiger partial charge on any atom is 0.190 e. The van der Waals surface area contributed by atoms with Crippen LogP contribution < -0.4 is 5.32 Å². The van der Waals surface area contributed by atoms with Crippen molar-refractivity contribution >= 4 is 11.9 Å². The monoisotopic (exact) mass is 412 g/mol. The average Bonchev–Trinajstić information content (AvgIpc) is 2.83. The van der Waals surface area contributed by atoms with E-state index >= 15 is 0 Å². The molecule has 0 radical (unpaired) electrons. The Bertz CT molecular complexity index is 995. The predicted molar refractivity (Wildman–Crippen MR) is 130 cm³/mol. The molecule has 1 N–H and O–H groups in total. The summed E-state index contributed by atoms with van der Waals surface area (Å²) >= 11 is 0. The molecular formula is C28H34N3+. The van der Waals surface area contributed by atoms with Gasteiger partial charge in [-0.05, 0) is 42.3 Å². The average molecular weight is 413 g/mol. The van der Waals surface area contributed by atoms with Crippen molar-refractivity contribution in [1.29, 1.82) is 0 Å². The van der Waals surface area contributed by atoms with Crippen molar-refractivity contribution in [3.63, 3.8) is 0 Å². The predicted octanol–water partition coefficient (Wildman–Crippen LogP) is 6.41. The Morgan fingerprint density at radius 1 is 0.903 bits per heavy atom. The van der Waals surface area contributed by atoms with Crippen molar-refractivity contribution in [2.24, 2.45) is 0 Å². The zero-order chi connectivity index (χ0) is 21.5. The summed E-state index contributed by atoms with van der Waals surface area (Å²) < 4.78 is 2.55. The first-order valence-corrected chi connectivity index (χ1v) is 11.8. The summed E-state index contributed by atoms with van der Waals surface area (Å²) in [5, 5.41) is 3.62. The lowest BCUT2D eigenvalue weighted by molar-refractivity contribution is -0.573. The van der Waals surface area contributed by atoms with Gasteiger partial charge < -0.3 is 5.32 Å². The van der Waals surface area contributed by atoms with E-state index in [0.717, 1.165) is 18.8 Å². The fourth-order valence-electron chi connectivity index (χ4n) is 4.56. The number of nitrogens with zero attached hydrogens (tertiary/aromatic N) is 2. The van der Waals surface area contributed by atoms with Gasteiger partial charge in [0.15, 0.2) is 12.3 Å². The standard InChI is InChI=1S/C28H33N3/c1-3-5-17-29-24-16-15-23-21-31(19-6-4-2)28(22-12-8-7-9-13-22)27(25(23)20-24)26-14-10-11-18-30-26/h7-16,18,20-21,27-28H,3-6,17,19H2,1-2H3/p+1/t27-,28-/m0/s1. The van der Waals surface area contributed by atoms with Crippen molar-refractivity contribution in [2.45, 2.75) is 51.5 Å². The normalized spacial score (nSPS) is 17.7. The highest BCUT2D eigenvalue weighted by atomic mass is 15.1. The van der Waals surface area contributed by atoms with Gasteiger partial charge in [-0.25, -0.2) is 4.58 Å². The van der Waals surface area contributed by atoms with E-state index in [1.807, 2.05) is 12.3 Å². The fraction of sp³-hybridized carbons (Fsp3) is 0.357. The molecule has 31 heavy (non-hydrogen) atoms. The zero-order valence-electron chi connectivity index (χ0n) is 18.8. The number of pyridine rings is 1. The summed E-state index contributed by atoms with van der Waals surface area (Å²) in [6.07, 6.45) is 9.05. The molecule has 0 fully saturated rings. The number of nitrogens with one attached hydrogen (secondary N) is 1. The minimum atomic E-state index is 0.188. The molecule has 3 aromatic rings. The third-order valence-electron chi connectivity index (χ3n) is 6.18. The van der Waals surface area contributed by atoms with Gasteiger partial charge in [-0.3, -0.25) is 4.98 Å². The molecule has 0 amide bonds. The van der Waals surface area contributed by atoms with E-state index < -0.39 is 0 Å². The van der Waals surface area contributed by atoms with Gasteiger partial charge in [-0.2, -0.15) is 0 Å². The highest BCUT2D eigenvalue weighted by Crippen LogP contribution is 2.42. The largest absolute Gasteiger partial charge is 0.385 e. The Hall–Kier alpha value is -2.94. The molecule has 1 aliphatic rings. The molecule has 0 aliphatic carbocycles. The van der Waals surface area contributed by atoms with Gasteiger partial charge in [0.05, 0.1) is 11.6 Å². The van der Waals surface area contributed by atoms with Crippen molar-refractivity contribution in [1.82, 2.24) is 4.98 Å². The van der Waals surface area contributed by atoms with Crippen molar-refractivity contribution < 1.29 is 4.58 Å². The third kappa shape index (κ3) is 4.87. The van der Waals surface area contributed by atoms with Crippen LogP contribution in [0.4, 0.5) is 5.69 Å². The Kier molecular flexibility index (Phi) is 7.14. The van der Waals surface area contributed by atoms with Crippen LogP contribution in [0.5, 0.6) is 0 Å². The van der Waals surface area contributed by atoms with E-state index in [-0.39, 0.29) is 12.0 Å². The number of rotatable bonds is 9. The van der Waals surface area contributed by atoms with Crippen LogP contribution in [-0.2, 0) is 0 Å². The number of hydrogen-bond donors (Lipinski definition) is 1. The second-order valence-corrected chi connectivity index (χ2v) is 8.43. The first-order chi connectivity index (χ1) is 15.3. The Morgan fingerprint density at radius 2 is 1.71 bits per heavy atom. The molecule has 2 aromatic carbocycles. The Morgan fingerprint density at radius 3 is 2.45 bits per heavy atom. The van der Waals surface area contributed by atoms with Gasteiger partial charge >= 0.3 is 0 Å². The summed E-state index contributed by atoms with van der Waals surface area (Å²) in [5.41, 5.74) is 6.36. The number of anilines is 1. The van der Waals surface area contributed by atoms with Gasteiger partial charge in [0, 0.05) is 36.0 Å². The molecule has 4 rings (SSSR count). The van der Waals surface area contributed by atoms with Crippen LogP contribution in [0.1, 0.15) is 73.9 Å². The van der Waals surface area contributed by atoms with E-state index in [9.17, 15) is 0 Å². The maximum atomic E-state index is 4.84. The van der Waals surface area contributed by atoms with Crippen LogP contribution >= 0.6 is 0 Å². The smallest absolute Gasteiger partial charge is 0.190 e. The fourth-order valence-corrected chi connectivity index (χ4v) is 4.56. The number of hydrogen-bond acceptors (Lipinski definition) is 2. The molecule has 160 valence electrons. The molecule has 2 atom stereocenters. The lowest BCUT2D eigenvalue weighted by atomic mass is 9.79. The lowest BCUT2D eigenvalue weighted by Crippen LogP contribution is -2.32.